The molecule has 6 heteroatoms. The second kappa shape index (κ2) is 5.75. The zero-order chi connectivity index (χ0) is 13.8. The number of benzene rings is 1. The van der Waals surface area contributed by atoms with Gasteiger partial charge in [-0.25, -0.2) is 0 Å². The van der Waals surface area contributed by atoms with Crippen molar-refractivity contribution in [3.8, 4) is 5.75 Å². The Balaban J connectivity index is 2.74. The first kappa shape index (κ1) is 14.3. The van der Waals surface area contributed by atoms with Crippen LogP contribution in [-0.4, -0.2) is 12.3 Å². The molecular formula is C12H14F3NO2. The lowest BCUT2D eigenvalue weighted by molar-refractivity contribution is -0.274. The van der Waals surface area contributed by atoms with E-state index in [0.29, 0.717) is 6.42 Å². The molecule has 18 heavy (non-hydrogen) atoms. The van der Waals surface area contributed by atoms with Gasteiger partial charge in [0.15, 0.2) is 0 Å². The predicted octanol–water partition coefficient (Wildman–Crippen LogP) is 3.57. The number of alkyl halides is 3. The molecule has 0 saturated carbocycles. The first-order chi connectivity index (χ1) is 8.31. The van der Waals surface area contributed by atoms with E-state index in [0.717, 1.165) is 6.07 Å². The largest absolute Gasteiger partial charge is 0.573 e. The molecular weight excluding hydrogens is 247 g/mol. The summed E-state index contributed by atoms with van der Waals surface area (Å²) in [6, 6.07) is 5.19. The van der Waals surface area contributed by atoms with E-state index in [1.165, 1.54) is 18.2 Å². The van der Waals surface area contributed by atoms with Crippen LogP contribution in [0.2, 0.25) is 0 Å². The highest BCUT2D eigenvalue weighted by molar-refractivity contribution is 5.92. The third-order valence-electron chi connectivity index (χ3n) is 2.40. The third-order valence-corrected chi connectivity index (χ3v) is 2.40. The van der Waals surface area contributed by atoms with Gasteiger partial charge in [-0.15, -0.1) is 13.2 Å². The molecule has 0 saturated heterocycles. The summed E-state index contributed by atoms with van der Waals surface area (Å²) in [4.78, 5) is 11.6. The summed E-state index contributed by atoms with van der Waals surface area (Å²) >= 11 is 0. The molecule has 0 aliphatic heterocycles. The summed E-state index contributed by atoms with van der Waals surface area (Å²) in [5, 5.41) is 2.53. The van der Waals surface area contributed by atoms with Crippen LogP contribution < -0.4 is 10.1 Å². The van der Waals surface area contributed by atoms with Gasteiger partial charge >= 0.3 is 6.36 Å². The highest BCUT2D eigenvalue weighted by Gasteiger charge is 2.31. The molecule has 0 aromatic heterocycles. The van der Waals surface area contributed by atoms with E-state index in [9.17, 15) is 18.0 Å². The maximum Gasteiger partial charge on any atom is 0.573 e. The first-order valence-electron chi connectivity index (χ1n) is 5.48. The fourth-order valence-corrected chi connectivity index (χ4v) is 1.22. The van der Waals surface area contributed by atoms with Crippen molar-refractivity contribution in [2.45, 2.75) is 26.6 Å². The molecule has 0 aliphatic rings. The quantitative estimate of drug-likeness (QED) is 0.899. The van der Waals surface area contributed by atoms with Crippen LogP contribution in [0.3, 0.4) is 0 Å². The Morgan fingerprint density at radius 1 is 1.44 bits per heavy atom. The zero-order valence-electron chi connectivity index (χ0n) is 10.0. The number of ether oxygens (including phenoxy) is 1. The van der Waals surface area contributed by atoms with E-state index in [-0.39, 0.29) is 23.3 Å². The highest BCUT2D eigenvalue weighted by atomic mass is 19.4. The van der Waals surface area contributed by atoms with Crippen LogP contribution >= 0.6 is 0 Å². The predicted molar refractivity (Wildman–Crippen MR) is 61.2 cm³/mol. The normalized spacial score (nSPS) is 12.9. The number of nitrogens with one attached hydrogen (secondary N) is 1. The molecule has 0 heterocycles. The minimum absolute atomic E-state index is 0.197. The van der Waals surface area contributed by atoms with Crippen molar-refractivity contribution in [3.63, 3.8) is 0 Å². The molecule has 0 bridgehead atoms. The van der Waals surface area contributed by atoms with Gasteiger partial charge in [0.25, 0.3) is 0 Å². The number of hydrogen-bond donors (Lipinski definition) is 1. The molecule has 1 amide bonds. The van der Waals surface area contributed by atoms with Gasteiger partial charge in [0.1, 0.15) is 5.75 Å². The molecule has 1 rings (SSSR count). The SMILES string of the molecule is CCC(C)C(=O)Nc1cccc(OC(F)(F)F)c1. The van der Waals surface area contributed by atoms with Crippen molar-refractivity contribution < 1.29 is 22.7 Å². The number of hydrogen-bond acceptors (Lipinski definition) is 2. The Labute approximate surface area is 103 Å². The first-order valence-corrected chi connectivity index (χ1v) is 5.48. The highest BCUT2D eigenvalue weighted by Crippen LogP contribution is 2.25. The van der Waals surface area contributed by atoms with Crippen LogP contribution in [0.1, 0.15) is 20.3 Å². The average molecular weight is 261 g/mol. The maximum absolute atomic E-state index is 12.0. The number of carbonyl (C=O) groups excluding carboxylic acids is 1. The van der Waals surface area contributed by atoms with Gasteiger partial charge < -0.3 is 10.1 Å². The lowest BCUT2D eigenvalue weighted by Gasteiger charge is -2.12. The average Bonchev–Trinajstić information content (AvgIpc) is 2.26. The van der Waals surface area contributed by atoms with Crippen LogP contribution in [0.25, 0.3) is 0 Å². The molecule has 1 N–H and O–H groups in total. The van der Waals surface area contributed by atoms with E-state index in [1.807, 2.05) is 6.92 Å². The molecule has 0 radical (unpaired) electrons. The molecule has 0 spiro atoms. The van der Waals surface area contributed by atoms with E-state index >= 15 is 0 Å². The topological polar surface area (TPSA) is 38.3 Å². The second-order valence-corrected chi connectivity index (χ2v) is 3.87. The van der Waals surface area contributed by atoms with Crippen molar-refractivity contribution in [1.29, 1.82) is 0 Å². The molecule has 1 atom stereocenters. The minimum atomic E-state index is -4.74. The summed E-state index contributed by atoms with van der Waals surface area (Å²) < 4.78 is 39.8. The Bertz CT molecular complexity index is 418. The number of halogens is 3. The molecule has 1 aromatic carbocycles. The molecule has 1 unspecified atom stereocenters. The number of rotatable bonds is 4. The lowest BCUT2D eigenvalue weighted by Crippen LogP contribution is -2.20. The van der Waals surface area contributed by atoms with Gasteiger partial charge in [-0.2, -0.15) is 0 Å². The number of anilines is 1. The molecule has 3 nitrogen and oxygen atoms in total. The van der Waals surface area contributed by atoms with Crippen molar-refractivity contribution in [1.82, 2.24) is 0 Å². The van der Waals surface area contributed by atoms with Crippen LogP contribution in [0, 0.1) is 5.92 Å². The van der Waals surface area contributed by atoms with Gasteiger partial charge in [-0.05, 0) is 18.6 Å². The van der Waals surface area contributed by atoms with E-state index in [2.05, 4.69) is 10.1 Å². The molecule has 1 aromatic rings. The Hall–Kier alpha value is -1.72. The molecule has 100 valence electrons. The third kappa shape index (κ3) is 4.65. The van der Waals surface area contributed by atoms with Gasteiger partial charge in [-0.1, -0.05) is 19.9 Å². The van der Waals surface area contributed by atoms with Crippen LogP contribution in [0.15, 0.2) is 24.3 Å². The smallest absolute Gasteiger partial charge is 0.406 e. The van der Waals surface area contributed by atoms with Crippen molar-refractivity contribution in [3.05, 3.63) is 24.3 Å². The van der Waals surface area contributed by atoms with Crippen molar-refractivity contribution >= 4 is 11.6 Å². The van der Waals surface area contributed by atoms with Crippen LogP contribution in [0.4, 0.5) is 18.9 Å². The summed E-state index contributed by atoms with van der Waals surface area (Å²) in [5.74, 6) is -0.789. The summed E-state index contributed by atoms with van der Waals surface area (Å²) in [6.07, 6.45) is -4.08. The van der Waals surface area contributed by atoms with Gasteiger partial charge in [0.05, 0.1) is 0 Å². The molecule has 0 fully saturated rings. The Morgan fingerprint density at radius 3 is 2.67 bits per heavy atom. The van der Waals surface area contributed by atoms with Crippen LogP contribution in [-0.2, 0) is 4.79 Å². The van der Waals surface area contributed by atoms with E-state index in [1.54, 1.807) is 6.92 Å². The van der Waals surface area contributed by atoms with Crippen molar-refractivity contribution in [2.24, 2.45) is 5.92 Å². The summed E-state index contributed by atoms with van der Waals surface area (Å²) in [6.45, 7) is 3.60. The molecule has 0 aliphatic carbocycles. The van der Waals surface area contributed by atoms with E-state index < -0.39 is 6.36 Å². The lowest BCUT2D eigenvalue weighted by atomic mass is 10.1. The second-order valence-electron chi connectivity index (χ2n) is 3.87. The van der Waals surface area contributed by atoms with E-state index in [4.69, 9.17) is 0 Å². The Morgan fingerprint density at radius 2 is 2.11 bits per heavy atom. The summed E-state index contributed by atoms with van der Waals surface area (Å²) in [5.41, 5.74) is 0.280. The fourth-order valence-electron chi connectivity index (χ4n) is 1.22. The van der Waals surface area contributed by atoms with Gasteiger partial charge in [-0.3, -0.25) is 4.79 Å². The summed E-state index contributed by atoms with van der Waals surface area (Å²) in [7, 11) is 0. The monoisotopic (exact) mass is 261 g/mol. The minimum Gasteiger partial charge on any atom is -0.406 e. The standard InChI is InChI=1S/C12H14F3NO2/c1-3-8(2)11(17)16-9-5-4-6-10(7-9)18-12(13,14)15/h4-8H,3H2,1-2H3,(H,16,17). The zero-order valence-corrected chi connectivity index (χ0v) is 10.0. The number of carbonyl (C=O) groups is 1. The maximum atomic E-state index is 12.0. The van der Waals surface area contributed by atoms with Gasteiger partial charge in [0, 0.05) is 17.7 Å². The van der Waals surface area contributed by atoms with Crippen LogP contribution in [0.5, 0.6) is 5.75 Å². The Kier molecular flexibility index (Phi) is 4.58. The fraction of sp³-hybridized carbons (Fsp3) is 0.417. The number of amides is 1. The van der Waals surface area contributed by atoms with Crippen molar-refractivity contribution in [2.75, 3.05) is 5.32 Å². The van der Waals surface area contributed by atoms with Gasteiger partial charge in [0.2, 0.25) is 5.91 Å².